The molecule has 1 atom stereocenters. The van der Waals surface area contributed by atoms with Gasteiger partial charge in [-0.05, 0) is 33.7 Å². The van der Waals surface area contributed by atoms with Crippen LogP contribution in [0.15, 0.2) is 0 Å². The molecular weight excluding hydrogens is 228 g/mol. The van der Waals surface area contributed by atoms with Crippen molar-refractivity contribution < 1.29 is 9.53 Å². The van der Waals surface area contributed by atoms with Gasteiger partial charge in [0.05, 0.1) is 0 Å². The minimum Gasteiger partial charge on any atom is -0.369 e. The summed E-state index contributed by atoms with van der Waals surface area (Å²) < 4.78 is 5.25. The van der Waals surface area contributed by atoms with E-state index in [0.29, 0.717) is 19.2 Å². The van der Waals surface area contributed by atoms with Gasteiger partial charge in [0.2, 0.25) is 5.91 Å². The number of hydrogen-bond donors (Lipinski definition) is 1. The molecule has 0 aliphatic heterocycles. The first kappa shape index (κ1) is 15.4. The summed E-state index contributed by atoms with van der Waals surface area (Å²) in [4.78, 5) is 14.0. The van der Waals surface area contributed by atoms with Crippen LogP contribution in [0.4, 0.5) is 0 Å². The van der Waals surface area contributed by atoms with Gasteiger partial charge in [0.1, 0.15) is 6.10 Å². The zero-order valence-corrected chi connectivity index (χ0v) is 12.1. The molecule has 0 aromatic carbocycles. The lowest BCUT2D eigenvalue weighted by Crippen LogP contribution is -2.42. The summed E-state index contributed by atoms with van der Waals surface area (Å²) in [7, 11) is 2.16. The molecule has 1 saturated carbocycles. The van der Waals surface area contributed by atoms with Crippen LogP contribution in [-0.2, 0) is 9.53 Å². The van der Waals surface area contributed by atoms with E-state index in [1.165, 1.54) is 32.1 Å². The molecule has 4 heteroatoms. The SMILES string of the molecule is CCOC(C)C(=O)NCCN(C)C1CCCCC1. The van der Waals surface area contributed by atoms with Crippen LogP contribution < -0.4 is 5.32 Å². The first-order valence-electron chi connectivity index (χ1n) is 7.24. The van der Waals surface area contributed by atoms with Crippen molar-refractivity contribution >= 4 is 5.91 Å². The number of likely N-dealkylation sites (N-methyl/N-ethyl adjacent to an activating group) is 1. The standard InChI is InChI=1S/C14H28N2O2/c1-4-18-12(2)14(17)15-10-11-16(3)13-8-6-5-7-9-13/h12-13H,4-11H2,1-3H3,(H,15,17). The van der Waals surface area contributed by atoms with Crippen LogP contribution in [0.5, 0.6) is 0 Å². The number of nitrogens with zero attached hydrogens (tertiary/aromatic N) is 1. The maximum atomic E-state index is 11.6. The largest absolute Gasteiger partial charge is 0.369 e. The van der Waals surface area contributed by atoms with Crippen LogP contribution in [0.2, 0.25) is 0 Å². The second-order valence-electron chi connectivity index (χ2n) is 5.16. The Bertz CT molecular complexity index is 240. The van der Waals surface area contributed by atoms with E-state index in [0.717, 1.165) is 6.54 Å². The molecule has 1 unspecified atom stereocenters. The zero-order valence-electron chi connectivity index (χ0n) is 12.1. The molecule has 0 aromatic rings. The van der Waals surface area contributed by atoms with Gasteiger partial charge in [-0.1, -0.05) is 19.3 Å². The fourth-order valence-electron chi connectivity index (χ4n) is 2.53. The molecule has 106 valence electrons. The van der Waals surface area contributed by atoms with Crippen molar-refractivity contribution in [2.45, 2.75) is 58.1 Å². The average molecular weight is 256 g/mol. The Morgan fingerprint density at radius 1 is 1.39 bits per heavy atom. The molecule has 0 heterocycles. The maximum Gasteiger partial charge on any atom is 0.248 e. The summed E-state index contributed by atoms with van der Waals surface area (Å²) in [6, 6.07) is 0.708. The minimum atomic E-state index is -0.338. The van der Waals surface area contributed by atoms with Crippen molar-refractivity contribution in [2.24, 2.45) is 0 Å². The third-order valence-electron chi connectivity index (χ3n) is 3.75. The Kier molecular flexibility index (Phi) is 7.28. The second kappa shape index (κ2) is 8.48. The minimum absolute atomic E-state index is 0.00565. The summed E-state index contributed by atoms with van der Waals surface area (Å²) in [5.41, 5.74) is 0. The van der Waals surface area contributed by atoms with Crippen molar-refractivity contribution in [1.29, 1.82) is 0 Å². The van der Waals surface area contributed by atoms with E-state index in [1.807, 2.05) is 6.92 Å². The molecule has 18 heavy (non-hydrogen) atoms. The molecule has 0 aromatic heterocycles. The maximum absolute atomic E-state index is 11.6. The monoisotopic (exact) mass is 256 g/mol. The Balaban J connectivity index is 2.14. The fourth-order valence-corrected chi connectivity index (χ4v) is 2.53. The van der Waals surface area contributed by atoms with Crippen molar-refractivity contribution in [1.82, 2.24) is 10.2 Å². The predicted octanol–water partition coefficient (Wildman–Crippen LogP) is 1.79. The van der Waals surface area contributed by atoms with E-state index < -0.39 is 0 Å². The number of amides is 1. The highest BCUT2D eigenvalue weighted by Crippen LogP contribution is 2.21. The molecular formula is C14H28N2O2. The van der Waals surface area contributed by atoms with E-state index in [9.17, 15) is 4.79 Å². The quantitative estimate of drug-likeness (QED) is 0.755. The zero-order chi connectivity index (χ0) is 13.4. The van der Waals surface area contributed by atoms with Gasteiger partial charge >= 0.3 is 0 Å². The van der Waals surface area contributed by atoms with E-state index in [-0.39, 0.29) is 12.0 Å². The molecule has 1 aliphatic carbocycles. The Morgan fingerprint density at radius 3 is 2.67 bits per heavy atom. The van der Waals surface area contributed by atoms with Gasteiger partial charge in [0, 0.05) is 25.7 Å². The second-order valence-corrected chi connectivity index (χ2v) is 5.16. The Hall–Kier alpha value is -0.610. The highest BCUT2D eigenvalue weighted by Gasteiger charge is 2.18. The number of carbonyl (C=O) groups excluding carboxylic acids is 1. The van der Waals surface area contributed by atoms with E-state index >= 15 is 0 Å². The summed E-state index contributed by atoms with van der Waals surface area (Å²) in [5, 5.41) is 2.93. The van der Waals surface area contributed by atoms with Crippen molar-refractivity contribution in [3.05, 3.63) is 0 Å². The van der Waals surface area contributed by atoms with E-state index in [1.54, 1.807) is 6.92 Å². The lowest BCUT2D eigenvalue weighted by Gasteiger charge is -2.31. The van der Waals surface area contributed by atoms with Crippen molar-refractivity contribution in [3.8, 4) is 0 Å². The van der Waals surface area contributed by atoms with E-state index in [2.05, 4.69) is 17.3 Å². The lowest BCUT2D eigenvalue weighted by molar-refractivity contribution is -0.131. The molecule has 1 fully saturated rings. The van der Waals surface area contributed by atoms with Crippen LogP contribution in [0.25, 0.3) is 0 Å². The summed E-state index contributed by atoms with van der Waals surface area (Å²) >= 11 is 0. The number of hydrogen-bond acceptors (Lipinski definition) is 3. The molecule has 1 rings (SSSR count). The van der Waals surface area contributed by atoms with Crippen LogP contribution in [0.3, 0.4) is 0 Å². The number of rotatable bonds is 7. The lowest BCUT2D eigenvalue weighted by atomic mass is 9.94. The summed E-state index contributed by atoms with van der Waals surface area (Å²) in [5.74, 6) is -0.00565. The van der Waals surface area contributed by atoms with Crippen molar-refractivity contribution in [2.75, 3.05) is 26.7 Å². The molecule has 0 bridgehead atoms. The van der Waals surface area contributed by atoms with Gasteiger partial charge in [-0.3, -0.25) is 4.79 Å². The molecule has 1 N–H and O–H groups in total. The topological polar surface area (TPSA) is 41.6 Å². The van der Waals surface area contributed by atoms with Gasteiger partial charge in [-0.15, -0.1) is 0 Å². The van der Waals surface area contributed by atoms with Gasteiger partial charge in [-0.25, -0.2) is 0 Å². The van der Waals surface area contributed by atoms with Gasteiger partial charge in [0.15, 0.2) is 0 Å². The Morgan fingerprint density at radius 2 is 2.06 bits per heavy atom. The first-order valence-corrected chi connectivity index (χ1v) is 7.24. The summed E-state index contributed by atoms with van der Waals surface area (Å²) in [6.07, 6.45) is 6.35. The molecule has 4 nitrogen and oxygen atoms in total. The van der Waals surface area contributed by atoms with Gasteiger partial charge < -0.3 is 15.0 Å². The highest BCUT2D eigenvalue weighted by molar-refractivity contribution is 5.80. The van der Waals surface area contributed by atoms with Crippen LogP contribution >= 0.6 is 0 Å². The molecule has 0 saturated heterocycles. The van der Waals surface area contributed by atoms with Gasteiger partial charge in [0.25, 0.3) is 0 Å². The molecule has 1 amide bonds. The number of ether oxygens (including phenoxy) is 1. The molecule has 0 spiro atoms. The predicted molar refractivity (Wildman–Crippen MR) is 73.6 cm³/mol. The fraction of sp³-hybridized carbons (Fsp3) is 0.929. The Labute approximate surface area is 111 Å². The smallest absolute Gasteiger partial charge is 0.248 e. The van der Waals surface area contributed by atoms with Gasteiger partial charge in [-0.2, -0.15) is 0 Å². The third kappa shape index (κ3) is 5.36. The molecule has 0 radical (unpaired) electrons. The molecule has 1 aliphatic rings. The number of carbonyl (C=O) groups is 1. The highest BCUT2D eigenvalue weighted by atomic mass is 16.5. The first-order chi connectivity index (χ1) is 8.65. The normalized spacial score (nSPS) is 18.9. The third-order valence-corrected chi connectivity index (χ3v) is 3.75. The average Bonchev–Trinajstić information content (AvgIpc) is 2.39. The van der Waals surface area contributed by atoms with Crippen LogP contribution in [0, 0.1) is 0 Å². The van der Waals surface area contributed by atoms with E-state index in [4.69, 9.17) is 4.74 Å². The van der Waals surface area contributed by atoms with Crippen LogP contribution in [0.1, 0.15) is 46.0 Å². The summed E-state index contributed by atoms with van der Waals surface area (Å²) in [6.45, 7) is 5.92. The number of nitrogens with one attached hydrogen (secondary N) is 1. The van der Waals surface area contributed by atoms with Crippen LogP contribution in [-0.4, -0.2) is 49.7 Å². The van der Waals surface area contributed by atoms with Crippen molar-refractivity contribution in [3.63, 3.8) is 0 Å².